The van der Waals surface area contributed by atoms with Gasteiger partial charge in [0.1, 0.15) is 0 Å². The van der Waals surface area contributed by atoms with Crippen LogP contribution >= 0.6 is 11.8 Å². The lowest BCUT2D eigenvalue weighted by atomic mass is 10.2. The van der Waals surface area contributed by atoms with E-state index in [9.17, 15) is 0 Å². The summed E-state index contributed by atoms with van der Waals surface area (Å²) in [5.41, 5.74) is 2.08. The van der Waals surface area contributed by atoms with E-state index in [1.807, 2.05) is 54.0 Å². The number of nitrogens with one attached hydrogen (secondary N) is 1. The summed E-state index contributed by atoms with van der Waals surface area (Å²) < 4.78 is 2.17. The zero-order valence-corrected chi connectivity index (χ0v) is 15.4. The Morgan fingerprint density at radius 1 is 1.29 bits per heavy atom. The highest BCUT2D eigenvalue weighted by Crippen LogP contribution is 2.29. The van der Waals surface area contributed by atoms with Crippen molar-refractivity contribution < 1.29 is 0 Å². The molecule has 6 heteroatoms. The second kappa shape index (κ2) is 7.30. The van der Waals surface area contributed by atoms with Crippen LogP contribution in [0.3, 0.4) is 0 Å². The molecule has 0 amide bonds. The van der Waals surface area contributed by atoms with E-state index in [-0.39, 0.29) is 4.75 Å². The van der Waals surface area contributed by atoms with E-state index in [0.29, 0.717) is 6.54 Å². The maximum Gasteiger partial charge on any atom is 0.194 e. The molecule has 5 nitrogen and oxygen atoms in total. The highest BCUT2D eigenvalue weighted by molar-refractivity contribution is 8.00. The third-order valence-corrected chi connectivity index (χ3v) is 5.33. The second-order valence-corrected chi connectivity index (χ2v) is 8.32. The second-order valence-electron chi connectivity index (χ2n) is 6.52. The standard InChI is InChI=1S/C18H25N5S/c1-18(2)14-22(11-12-24-18)17(19-3)20-13-15-9-10-23(21-15)16-7-5-4-6-8-16/h4-10H,11-14H2,1-3H3,(H,19,20). The van der Waals surface area contributed by atoms with Crippen LogP contribution in [0.2, 0.25) is 0 Å². The van der Waals surface area contributed by atoms with Crippen LogP contribution in [0, 0.1) is 0 Å². The summed E-state index contributed by atoms with van der Waals surface area (Å²) in [5.74, 6) is 2.09. The Morgan fingerprint density at radius 2 is 2.08 bits per heavy atom. The molecule has 0 unspecified atom stereocenters. The van der Waals surface area contributed by atoms with Gasteiger partial charge < -0.3 is 10.2 Å². The molecule has 0 atom stereocenters. The number of thioether (sulfide) groups is 1. The van der Waals surface area contributed by atoms with Gasteiger partial charge in [-0.15, -0.1) is 0 Å². The predicted octanol–water partition coefficient (Wildman–Crippen LogP) is 2.78. The minimum absolute atomic E-state index is 0.269. The predicted molar refractivity (Wildman–Crippen MR) is 102 cm³/mol. The van der Waals surface area contributed by atoms with E-state index in [1.165, 1.54) is 0 Å². The number of rotatable bonds is 3. The first kappa shape index (κ1) is 16.9. The average Bonchev–Trinajstić information content (AvgIpc) is 3.04. The number of hydrogen-bond donors (Lipinski definition) is 1. The average molecular weight is 344 g/mol. The molecular weight excluding hydrogens is 318 g/mol. The van der Waals surface area contributed by atoms with Gasteiger partial charge in [0.25, 0.3) is 0 Å². The molecule has 1 fully saturated rings. The molecule has 1 aromatic carbocycles. The summed E-state index contributed by atoms with van der Waals surface area (Å²) in [5, 5.41) is 8.09. The normalized spacial score (nSPS) is 17.8. The zero-order chi connectivity index (χ0) is 17.0. The van der Waals surface area contributed by atoms with Crippen LogP contribution in [0.4, 0.5) is 0 Å². The quantitative estimate of drug-likeness (QED) is 0.688. The lowest BCUT2D eigenvalue weighted by Crippen LogP contribution is -2.50. The van der Waals surface area contributed by atoms with Gasteiger partial charge >= 0.3 is 0 Å². The van der Waals surface area contributed by atoms with Gasteiger partial charge in [-0.25, -0.2) is 4.68 Å². The number of para-hydroxylation sites is 1. The van der Waals surface area contributed by atoms with E-state index in [2.05, 4.69) is 46.3 Å². The van der Waals surface area contributed by atoms with Crippen molar-refractivity contribution in [2.75, 3.05) is 25.9 Å². The van der Waals surface area contributed by atoms with Gasteiger partial charge in [-0.2, -0.15) is 16.9 Å². The fourth-order valence-electron chi connectivity index (χ4n) is 2.88. The van der Waals surface area contributed by atoms with Crippen molar-refractivity contribution >= 4 is 17.7 Å². The van der Waals surface area contributed by atoms with Crippen molar-refractivity contribution in [3.63, 3.8) is 0 Å². The first-order valence-electron chi connectivity index (χ1n) is 8.27. The number of nitrogens with zero attached hydrogens (tertiary/aromatic N) is 4. The van der Waals surface area contributed by atoms with Gasteiger partial charge in [0.15, 0.2) is 5.96 Å². The Bertz CT molecular complexity index is 692. The molecular formula is C18H25N5S. The summed E-state index contributed by atoms with van der Waals surface area (Å²) in [7, 11) is 1.85. The highest BCUT2D eigenvalue weighted by Gasteiger charge is 2.28. The monoisotopic (exact) mass is 343 g/mol. The number of guanidine groups is 1. The Labute approximate surface area is 148 Å². The van der Waals surface area contributed by atoms with E-state index in [0.717, 1.165) is 36.2 Å². The van der Waals surface area contributed by atoms with Crippen molar-refractivity contribution in [1.29, 1.82) is 0 Å². The topological polar surface area (TPSA) is 45.5 Å². The van der Waals surface area contributed by atoms with Gasteiger partial charge in [0.05, 0.1) is 17.9 Å². The summed E-state index contributed by atoms with van der Waals surface area (Å²) in [6.45, 7) is 7.30. The van der Waals surface area contributed by atoms with Crippen molar-refractivity contribution in [3.05, 3.63) is 48.3 Å². The lowest BCUT2D eigenvalue weighted by Gasteiger charge is -2.39. The summed E-state index contributed by atoms with van der Waals surface area (Å²) in [6.07, 6.45) is 2.00. The van der Waals surface area contributed by atoms with Crippen LogP contribution in [0.5, 0.6) is 0 Å². The van der Waals surface area contributed by atoms with Crippen molar-refractivity contribution in [2.24, 2.45) is 4.99 Å². The highest BCUT2D eigenvalue weighted by atomic mass is 32.2. The number of benzene rings is 1. The Kier molecular flexibility index (Phi) is 5.14. The smallest absolute Gasteiger partial charge is 0.194 e. The van der Waals surface area contributed by atoms with Crippen LogP contribution < -0.4 is 5.32 Å². The SMILES string of the molecule is CN=C(NCc1ccn(-c2ccccc2)n1)N1CCSC(C)(C)C1. The molecule has 2 aromatic rings. The molecule has 24 heavy (non-hydrogen) atoms. The molecule has 1 aliphatic rings. The van der Waals surface area contributed by atoms with Crippen molar-refractivity contribution in [2.45, 2.75) is 25.1 Å². The van der Waals surface area contributed by atoms with Gasteiger partial charge in [0.2, 0.25) is 0 Å². The molecule has 1 aliphatic heterocycles. The van der Waals surface area contributed by atoms with Gasteiger partial charge in [-0.1, -0.05) is 18.2 Å². The van der Waals surface area contributed by atoms with Crippen LogP contribution in [0.15, 0.2) is 47.6 Å². The summed E-state index contributed by atoms with van der Waals surface area (Å²) in [6, 6.07) is 12.2. The van der Waals surface area contributed by atoms with Crippen LogP contribution in [0.25, 0.3) is 5.69 Å². The minimum atomic E-state index is 0.269. The molecule has 3 rings (SSSR count). The Morgan fingerprint density at radius 3 is 2.79 bits per heavy atom. The third kappa shape index (κ3) is 4.12. The van der Waals surface area contributed by atoms with Crippen molar-refractivity contribution in [3.8, 4) is 5.69 Å². The van der Waals surface area contributed by atoms with Gasteiger partial charge in [-0.05, 0) is 32.0 Å². The first-order valence-corrected chi connectivity index (χ1v) is 9.25. The largest absolute Gasteiger partial charge is 0.351 e. The first-order chi connectivity index (χ1) is 11.6. The third-order valence-electron chi connectivity index (χ3n) is 4.03. The molecule has 0 saturated carbocycles. The molecule has 128 valence electrons. The maximum absolute atomic E-state index is 4.64. The molecule has 0 bridgehead atoms. The number of aliphatic imine (C=N–C) groups is 1. The molecule has 0 radical (unpaired) electrons. The van der Waals surface area contributed by atoms with Crippen LogP contribution in [-0.4, -0.2) is 51.3 Å². The summed E-state index contributed by atoms with van der Waals surface area (Å²) >= 11 is 2.03. The molecule has 2 heterocycles. The van der Waals surface area contributed by atoms with E-state index >= 15 is 0 Å². The molecule has 1 saturated heterocycles. The van der Waals surface area contributed by atoms with Gasteiger partial charge in [0, 0.05) is 36.8 Å². The number of hydrogen-bond acceptors (Lipinski definition) is 3. The van der Waals surface area contributed by atoms with Gasteiger partial charge in [-0.3, -0.25) is 4.99 Å². The van der Waals surface area contributed by atoms with Crippen LogP contribution in [0.1, 0.15) is 19.5 Å². The lowest BCUT2D eigenvalue weighted by molar-refractivity contribution is 0.375. The molecule has 0 spiro atoms. The van der Waals surface area contributed by atoms with Crippen molar-refractivity contribution in [1.82, 2.24) is 20.0 Å². The van der Waals surface area contributed by atoms with Crippen LogP contribution in [-0.2, 0) is 6.54 Å². The minimum Gasteiger partial charge on any atom is -0.351 e. The zero-order valence-electron chi connectivity index (χ0n) is 14.6. The molecule has 1 N–H and O–H groups in total. The fraction of sp³-hybridized carbons (Fsp3) is 0.444. The Hall–Kier alpha value is -1.95. The number of aromatic nitrogens is 2. The Balaban J connectivity index is 1.61. The summed E-state index contributed by atoms with van der Waals surface area (Å²) in [4.78, 5) is 6.78. The van der Waals surface area contributed by atoms with E-state index in [4.69, 9.17) is 0 Å². The van der Waals surface area contributed by atoms with E-state index in [1.54, 1.807) is 0 Å². The van der Waals surface area contributed by atoms with E-state index < -0.39 is 0 Å². The maximum atomic E-state index is 4.64. The molecule has 0 aliphatic carbocycles. The molecule has 1 aromatic heterocycles. The fourth-order valence-corrected chi connectivity index (χ4v) is 3.99.